The van der Waals surface area contributed by atoms with Crippen LogP contribution >= 0.6 is 0 Å². The number of H-pyrrole nitrogens is 1. The lowest BCUT2D eigenvalue weighted by molar-refractivity contribution is -0.142. The summed E-state index contributed by atoms with van der Waals surface area (Å²) in [7, 11) is 2.02. The summed E-state index contributed by atoms with van der Waals surface area (Å²) >= 11 is 0. The normalized spacial score (nSPS) is 10.9. The predicted molar refractivity (Wildman–Crippen MR) is 92.2 cm³/mol. The maximum absolute atomic E-state index is 11.8. The standard InChI is InChI=1S/C18H22N2O4/c1-3-10-20(2)11-9-13-12-19-14-5-4-6-15(18(13)14)24-17(23)8-7-16(21)22/h3-6,12,19H,1,7-11H2,2H3,(H,21,22). The highest BCUT2D eigenvalue weighted by Gasteiger charge is 2.14. The van der Waals surface area contributed by atoms with Gasteiger partial charge in [0, 0.05) is 30.2 Å². The van der Waals surface area contributed by atoms with Crippen molar-refractivity contribution >= 4 is 22.8 Å². The van der Waals surface area contributed by atoms with Gasteiger partial charge in [0.25, 0.3) is 0 Å². The van der Waals surface area contributed by atoms with E-state index >= 15 is 0 Å². The number of nitrogens with zero attached hydrogens (tertiary/aromatic N) is 1. The minimum absolute atomic E-state index is 0.145. The summed E-state index contributed by atoms with van der Waals surface area (Å²) in [5.74, 6) is -1.09. The van der Waals surface area contributed by atoms with Crippen LogP contribution in [-0.4, -0.2) is 47.1 Å². The number of ether oxygens (including phenoxy) is 1. The molecule has 6 heteroatoms. The number of carboxylic acid groups (broad SMARTS) is 1. The van der Waals surface area contributed by atoms with Crippen molar-refractivity contribution in [1.82, 2.24) is 9.88 Å². The Kier molecular flexibility index (Phi) is 6.14. The first-order valence-electron chi connectivity index (χ1n) is 7.82. The van der Waals surface area contributed by atoms with Crippen LogP contribution in [0.2, 0.25) is 0 Å². The molecular weight excluding hydrogens is 308 g/mol. The molecule has 1 aromatic heterocycles. The van der Waals surface area contributed by atoms with Gasteiger partial charge in [0.05, 0.1) is 12.8 Å². The van der Waals surface area contributed by atoms with Gasteiger partial charge in [-0.3, -0.25) is 9.59 Å². The second-order valence-corrected chi connectivity index (χ2v) is 5.66. The number of rotatable bonds is 9. The molecular formula is C18H22N2O4. The summed E-state index contributed by atoms with van der Waals surface area (Å²) in [5.41, 5.74) is 1.95. The zero-order chi connectivity index (χ0) is 17.5. The molecule has 1 heterocycles. The Hall–Kier alpha value is -2.60. The Labute approximate surface area is 140 Å². The smallest absolute Gasteiger partial charge is 0.311 e. The highest BCUT2D eigenvalue weighted by molar-refractivity contribution is 5.91. The van der Waals surface area contributed by atoms with Crippen molar-refractivity contribution in [3.63, 3.8) is 0 Å². The summed E-state index contributed by atoms with van der Waals surface area (Å²) < 4.78 is 5.38. The minimum Gasteiger partial charge on any atom is -0.481 e. The molecule has 2 rings (SSSR count). The summed E-state index contributed by atoms with van der Waals surface area (Å²) in [4.78, 5) is 27.7. The summed E-state index contributed by atoms with van der Waals surface area (Å²) in [6, 6.07) is 5.44. The van der Waals surface area contributed by atoms with Crippen molar-refractivity contribution in [3.05, 3.63) is 42.6 Å². The maximum Gasteiger partial charge on any atom is 0.311 e. The molecule has 1 aromatic carbocycles. The van der Waals surface area contributed by atoms with Crippen molar-refractivity contribution in [2.24, 2.45) is 0 Å². The second kappa shape index (κ2) is 8.31. The number of aromatic nitrogens is 1. The van der Waals surface area contributed by atoms with E-state index in [0.717, 1.165) is 36.0 Å². The van der Waals surface area contributed by atoms with Gasteiger partial charge in [0.1, 0.15) is 5.75 Å². The molecule has 0 bridgehead atoms. The molecule has 0 aliphatic carbocycles. The monoisotopic (exact) mass is 330 g/mol. The fourth-order valence-electron chi connectivity index (χ4n) is 2.51. The van der Waals surface area contributed by atoms with Gasteiger partial charge in [0.2, 0.25) is 0 Å². The van der Waals surface area contributed by atoms with Crippen LogP contribution in [0.3, 0.4) is 0 Å². The first-order chi connectivity index (χ1) is 11.5. The molecule has 24 heavy (non-hydrogen) atoms. The molecule has 0 atom stereocenters. The number of fused-ring (bicyclic) bond motifs is 1. The molecule has 6 nitrogen and oxygen atoms in total. The topological polar surface area (TPSA) is 82.6 Å². The molecule has 0 amide bonds. The largest absolute Gasteiger partial charge is 0.481 e. The van der Waals surface area contributed by atoms with Crippen LogP contribution in [0.1, 0.15) is 18.4 Å². The van der Waals surface area contributed by atoms with Crippen LogP contribution in [-0.2, 0) is 16.0 Å². The number of carbonyl (C=O) groups excluding carboxylic acids is 1. The van der Waals surface area contributed by atoms with Crippen LogP contribution in [0.25, 0.3) is 10.9 Å². The van der Waals surface area contributed by atoms with E-state index in [1.165, 1.54) is 0 Å². The Morgan fingerprint density at radius 1 is 1.38 bits per heavy atom. The average Bonchev–Trinajstić information content (AvgIpc) is 2.95. The van der Waals surface area contributed by atoms with Gasteiger partial charge in [-0.2, -0.15) is 0 Å². The lowest BCUT2D eigenvalue weighted by atomic mass is 10.1. The summed E-state index contributed by atoms with van der Waals surface area (Å²) in [6.07, 6.45) is 4.19. The first-order valence-corrected chi connectivity index (χ1v) is 7.82. The van der Waals surface area contributed by atoms with E-state index in [0.29, 0.717) is 5.75 Å². The van der Waals surface area contributed by atoms with Crippen LogP contribution in [0.5, 0.6) is 5.75 Å². The number of hydrogen-bond acceptors (Lipinski definition) is 4. The van der Waals surface area contributed by atoms with Crippen LogP contribution in [0.15, 0.2) is 37.1 Å². The number of hydrogen-bond donors (Lipinski definition) is 2. The highest BCUT2D eigenvalue weighted by atomic mass is 16.5. The van der Waals surface area contributed by atoms with Gasteiger partial charge in [-0.25, -0.2) is 0 Å². The molecule has 2 N–H and O–H groups in total. The van der Waals surface area contributed by atoms with Crippen molar-refractivity contribution in [2.45, 2.75) is 19.3 Å². The van der Waals surface area contributed by atoms with E-state index in [1.807, 2.05) is 25.4 Å². The molecule has 0 saturated carbocycles. The molecule has 0 saturated heterocycles. The lowest BCUT2D eigenvalue weighted by Gasteiger charge is -2.14. The third kappa shape index (κ3) is 4.70. The van der Waals surface area contributed by atoms with Gasteiger partial charge in [-0.1, -0.05) is 12.1 Å². The minimum atomic E-state index is -1.02. The number of benzene rings is 1. The third-order valence-electron chi connectivity index (χ3n) is 3.72. The molecule has 0 radical (unpaired) electrons. The maximum atomic E-state index is 11.8. The number of esters is 1. The zero-order valence-electron chi connectivity index (χ0n) is 13.7. The summed E-state index contributed by atoms with van der Waals surface area (Å²) in [5, 5.41) is 9.52. The zero-order valence-corrected chi connectivity index (χ0v) is 13.7. The van der Waals surface area contributed by atoms with Gasteiger partial charge in [-0.15, -0.1) is 6.58 Å². The van der Waals surface area contributed by atoms with Crippen molar-refractivity contribution in [2.75, 3.05) is 20.1 Å². The molecule has 0 fully saturated rings. The van der Waals surface area contributed by atoms with E-state index in [4.69, 9.17) is 9.84 Å². The van der Waals surface area contributed by atoms with E-state index in [1.54, 1.807) is 12.1 Å². The first kappa shape index (κ1) is 17.7. The SMILES string of the molecule is C=CCN(C)CCc1c[nH]c2cccc(OC(=O)CCC(=O)O)c12. The van der Waals surface area contributed by atoms with Crippen LogP contribution in [0.4, 0.5) is 0 Å². The quantitative estimate of drug-likeness (QED) is 0.419. The Morgan fingerprint density at radius 3 is 2.88 bits per heavy atom. The van der Waals surface area contributed by atoms with Crippen molar-refractivity contribution in [3.8, 4) is 5.75 Å². The number of aromatic amines is 1. The molecule has 128 valence electrons. The van der Waals surface area contributed by atoms with Gasteiger partial charge < -0.3 is 19.7 Å². The third-order valence-corrected chi connectivity index (χ3v) is 3.72. The van der Waals surface area contributed by atoms with Gasteiger partial charge in [0.15, 0.2) is 0 Å². The molecule has 0 unspecified atom stereocenters. The van der Waals surface area contributed by atoms with E-state index < -0.39 is 11.9 Å². The fourth-order valence-corrected chi connectivity index (χ4v) is 2.51. The number of carboxylic acids is 1. The Balaban J connectivity index is 2.15. The second-order valence-electron chi connectivity index (χ2n) is 5.66. The number of aliphatic carboxylic acids is 1. The predicted octanol–water partition coefficient (Wildman–Crippen LogP) is 2.60. The van der Waals surface area contributed by atoms with Gasteiger partial charge >= 0.3 is 11.9 Å². The van der Waals surface area contributed by atoms with Crippen LogP contribution in [0, 0.1) is 0 Å². The van der Waals surface area contributed by atoms with E-state index in [2.05, 4.69) is 16.5 Å². The van der Waals surface area contributed by atoms with Crippen molar-refractivity contribution < 1.29 is 19.4 Å². The fraction of sp³-hybridized carbons (Fsp3) is 0.333. The Bertz CT molecular complexity index is 736. The molecule has 0 spiro atoms. The summed E-state index contributed by atoms with van der Waals surface area (Å²) in [6.45, 7) is 5.38. The molecule has 2 aromatic rings. The van der Waals surface area contributed by atoms with E-state index in [-0.39, 0.29) is 12.8 Å². The Morgan fingerprint density at radius 2 is 2.17 bits per heavy atom. The number of carbonyl (C=O) groups is 2. The lowest BCUT2D eigenvalue weighted by Crippen LogP contribution is -2.21. The van der Waals surface area contributed by atoms with Gasteiger partial charge in [-0.05, 0) is 31.2 Å². The average molecular weight is 330 g/mol. The number of nitrogens with one attached hydrogen (secondary N) is 1. The highest BCUT2D eigenvalue weighted by Crippen LogP contribution is 2.29. The molecule has 0 aliphatic rings. The van der Waals surface area contributed by atoms with E-state index in [9.17, 15) is 9.59 Å². The molecule has 0 aliphatic heterocycles. The van der Waals surface area contributed by atoms with Crippen LogP contribution < -0.4 is 4.74 Å². The number of likely N-dealkylation sites (N-methyl/N-ethyl adjacent to an activating group) is 1. The van der Waals surface area contributed by atoms with Crippen molar-refractivity contribution in [1.29, 1.82) is 0 Å².